The maximum Gasteiger partial charge on any atom is 0.408 e. The lowest BCUT2D eigenvalue weighted by atomic mass is 10.0. The summed E-state index contributed by atoms with van der Waals surface area (Å²) in [5.74, 6) is 0. The van der Waals surface area contributed by atoms with Crippen molar-refractivity contribution in [3.63, 3.8) is 0 Å². The molecular weight excluding hydrogens is 240 g/mol. The molecule has 0 bridgehead atoms. The van der Waals surface area contributed by atoms with Crippen LogP contribution in [0.15, 0.2) is 0 Å². The summed E-state index contributed by atoms with van der Waals surface area (Å²) in [5.41, 5.74) is -0.629. The monoisotopic (exact) mass is 260 g/mol. The Morgan fingerprint density at radius 3 is 2.50 bits per heavy atom. The van der Waals surface area contributed by atoms with Crippen molar-refractivity contribution in [3.8, 4) is 0 Å². The molecule has 7 nitrogen and oxygen atoms in total. The topological polar surface area (TPSA) is 99.1 Å². The molecule has 2 amide bonds. The number of nitrogens with one attached hydrogen (secondary N) is 1. The molecule has 2 atom stereocenters. The van der Waals surface area contributed by atoms with Gasteiger partial charge in [0.05, 0.1) is 12.1 Å². The number of piperidine rings is 1. The normalized spacial score (nSPS) is 24.6. The number of aliphatic hydroxyl groups is 1. The van der Waals surface area contributed by atoms with E-state index in [4.69, 9.17) is 9.84 Å². The van der Waals surface area contributed by atoms with Crippen LogP contribution in [-0.2, 0) is 4.74 Å². The summed E-state index contributed by atoms with van der Waals surface area (Å²) in [6.07, 6.45) is -2.17. The van der Waals surface area contributed by atoms with E-state index in [9.17, 15) is 14.7 Å². The summed E-state index contributed by atoms with van der Waals surface area (Å²) in [6.45, 7) is 5.52. The van der Waals surface area contributed by atoms with Crippen molar-refractivity contribution in [2.45, 2.75) is 44.9 Å². The Morgan fingerprint density at radius 1 is 1.39 bits per heavy atom. The maximum atomic E-state index is 11.5. The highest BCUT2D eigenvalue weighted by molar-refractivity contribution is 5.69. The molecule has 7 heteroatoms. The van der Waals surface area contributed by atoms with Crippen LogP contribution < -0.4 is 5.32 Å². The van der Waals surface area contributed by atoms with E-state index in [-0.39, 0.29) is 13.1 Å². The third kappa shape index (κ3) is 4.40. The van der Waals surface area contributed by atoms with Crippen LogP contribution in [0, 0.1) is 0 Å². The van der Waals surface area contributed by atoms with Crippen LogP contribution in [-0.4, -0.2) is 58.1 Å². The van der Waals surface area contributed by atoms with Crippen LogP contribution in [0.4, 0.5) is 9.59 Å². The molecule has 1 aliphatic rings. The Hall–Kier alpha value is -1.50. The highest BCUT2D eigenvalue weighted by Crippen LogP contribution is 2.13. The van der Waals surface area contributed by atoms with Crippen LogP contribution in [0.25, 0.3) is 0 Å². The summed E-state index contributed by atoms with van der Waals surface area (Å²) in [4.78, 5) is 23.5. The molecule has 1 aliphatic heterocycles. The second-order valence-electron chi connectivity index (χ2n) is 5.34. The molecule has 0 radical (unpaired) electrons. The Morgan fingerprint density at radius 2 is 2.00 bits per heavy atom. The van der Waals surface area contributed by atoms with Crippen LogP contribution in [0.3, 0.4) is 0 Å². The third-order valence-corrected chi connectivity index (χ3v) is 2.55. The van der Waals surface area contributed by atoms with E-state index >= 15 is 0 Å². The minimum absolute atomic E-state index is 0.0652. The Labute approximate surface area is 106 Å². The third-order valence-electron chi connectivity index (χ3n) is 2.55. The number of amides is 2. The van der Waals surface area contributed by atoms with Crippen molar-refractivity contribution in [3.05, 3.63) is 0 Å². The highest BCUT2D eigenvalue weighted by atomic mass is 16.6. The van der Waals surface area contributed by atoms with Gasteiger partial charge in [-0.05, 0) is 27.2 Å². The van der Waals surface area contributed by atoms with E-state index in [2.05, 4.69) is 5.32 Å². The van der Waals surface area contributed by atoms with E-state index in [1.165, 1.54) is 0 Å². The van der Waals surface area contributed by atoms with Gasteiger partial charge in [0, 0.05) is 13.1 Å². The van der Waals surface area contributed by atoms with Gasteiger partial charge in [0.1, 0.15) is 5.60 Å². The molecule has 1 heterocycles. The number of hydrogen-bond donors (Lipinski definition) is 3. The van der Waals surface area contributed by atoms with Gasteiger partial charge in [-0.1, -0.05) is 0 Å². The number of nitrogens with zero attached hydrogens (tertiary/aromatic N) is 1. The molecule has 0 saturated carbocycles. The molecule has 2 unspecified atom stereocenters. The molecule has 1 fully saturated rings. The number of alkyl carbamates (subject to hydrolysis) is 1. The van der Waals surface area contributed by atoms with Crippen LogP contribution in [0.5, 0.6) is 0 Å². The second kappa shape index (κ2) is 5.43. The summed E-state index contributed by atoms with van der Waals surface area (Å²) in [5, 5.41) is 21.1. The standard InChI is InChI=1S/C11H20N2O5/c1-11(2,3)18-9(15)12-7-6-13(10(16)17)5-4-8(7)14/h7-8,14H,4-6H2,1-3H3,(H,12,15)(H,16,17). The van der Waals surface area contributed by atoms with Gasteiger partial charge >= 0.3 is 12.2 Å². The fraction of sp³-hybridized carbons (Fsp3) is 0.818. The predicted molar refractivity (Wildman–Crippen MR) is 63.4 cm³/mol. The Kier molecular flexibility index (Phi) is 4.39. The van der Waals surface area contributed by atoms with E-state index < -0.39 is 29.9 Å². The Bertz CT molecular complexity index is 326. The lowest BCUT2D eigenvalue weighted by Gasteiger charge is -2.35. The molecule has 0 aromatic carbocycles. The first-order chi connectivity index (χ1) is 8.19. The number of carbonyl (C=O) groups excluding carboxylic acids is 1. The predicted octanol–water partition coefficient (Wildman–Crippen LogP) is 0.624. The number of carboxylic acid groups (broad SMARTS) is 1. The fourth-order valence-electron chi connectivity index (χ4n) is 1.71. The average molecular weight is 260 g/mol. The summed E-state index contributed by atoms with van der Waals surface area (Å²) >= 11 is 0. The zero-order valence-corrected chi connectivity index (χ0v) is 10.8. The van der Waals surface area contributed by atoms with Crippen molar-refractivity contribution < 1.29 is 24.5 Å². The lowest BCUT2D eigenvalue weighted by molar-refractivity contribution is 0.0236. The van der Waals surface area contributed by atoms with Crippen LogP contribution in [0.1, 0.15) is 27.2 Å². The maximum absolute atomic E-state index is 11.5. The summed E-state index contributed by atoms with van der Waals surface area (Å²) in [6, 6.07) is -0.635. The molecule has 1 rings (SSSR count). The SMILES string of the molecule is CC(C)(C)OC(=O)NC1CN(C(=O)O)CCC1O. The number of rotatable bonds is 1. The highest BCUT2D eigenvalue weighted by Gasteiger charge is 2.32. The van der Waals surface area contributed by atoms with Crippen molar-refractivity contribution in [1.82, 2.24) is 10.2 Å². The zero-order valence-electron chi connectivity index (χ0n) is 10.8. The van der Waals surface area contributed by atoms with Crippen LogP contribution in [0.2, 0.25) is 0 Å². The average Bonchev–Trinajstić information content (AvgIpc) is 2.18. The van der Waals surface area contributed by atoms with Gasteiger partial charge in [0.15, 0.2) is 0 Å². The summed E-state index contributed by atoms with van der Waals surface area (Å²) in [7, 11) is 0. The lowest BCUT2D eigenvalue weighted by Crippen LogP contribution is -2.56. The van der Waals surface area contributed by atoms with Crippen molar-refractivity contribution in [2.24, 2.45) is 0 Å². The Balaban J connectivity index is 2.53. The van der Waals surface area contributed by atoms with E-state index in [1.54, 1.807) is 20.8 Å². The molecule has 0 spiro atoms. The molecule has 1 saturated heterocycles. The van der Waals surface area contributed by atoms with Crippen molar-refractivity contribution >= 4 is 12.2 Å². The van der Waals surface area contributed by atoms with Crippen molar-refractivity contribution in [1.29, 1.82) is 0 Å². The minimum Gasteiger partial charge on any atom is -0.465 e. The first-order valence-electron chi connectivity index (χ1n) is 5.84. The minimum atomic E-state index is -1.06. The molecular formula is C11H20N2O5. The van der Waals surface area contributed by atoms with Crippen molar-refractivity contribution in [2.75, 3.05) is 13.1 Å². The number of hydrogen-bond acceptors (Lipinski definition) is 4. The fourth-order valence-corrected chi connectivity index (χ4v) is 1.71. The number of likely N-dealkylation sites (tertiary alicyclic amines) is 1. The second-order valence-corrected chi connectivity index (χ2v) is 5.34. The molecule has 0 aromatic heterocycles. The number of carbonyl (C=O) groups is 2. The van der Waals surface area contributed by atoms with Gasteiger partial charge in [-0.15, -0.1) is 0 Å². The van der Waals surface area contributed by atoms with Gasteiger partial charge < -0.3 is 25.2 Å². The quantitative estimate of drug-likeness (QED) is 0.642. The molecule has 3 N–H and O–H groups in total. The van der Waals surface area contributed by atoms with E-state index in [0.717, 1.165) is 4.90 Å². The van der Waals surface area contributed by atoms with E-state index in [0.29, 0.717) is 6.42 Å². The largest absolute Gasteiger partial charge is 0.465 e. The molecule has 0 aromatic rings. The zero-order chi connectivity index (χ0) is 13.9. The van der Waals surface area contributed by atoms with Gasteiger partial charge in [-0.2, -0.15) is 0 Å². The van der Waals surface area contributed by atoms with Gasteiger partial charge in [-0.25, -0.2) is 9.59 Å². The summed E-state index contributed by atoms with van der Waals surface area (Å²) < 4.78 is 5.06. The number of aliphatic hydroxyl groups excluding tert-OH is 1. The van der Waals surface area contributed by atoms with E-state index in [1.807, 2.05) is 0 Å². The first kappa shape index (κ1) is 14.6. The number of ether oxygens (including phenoxy) is 1. The molecule has 18 heavy (non-hydrogen) atoms. The van der Waals surface area contributed by atoms with Gasteiger partial charge in [0.2, 0.25) is 0 Å². The molecule has 104 valence electrons. The molecule has 0 aliphatic carbocycles. The first-order valence-corrected chi connectivity index (χ1v) is 5.84. The van der Waals surface area contributed by atoms with Crippen LogP contribution >= 0.6 is 0 Å². The smallest absolute Gasteiger partial charge is 0.408 e. The van der Waals surface area contributed by atoms with Gasteiger partial charge in [0.25, 0.3) is 0 Å². The van der Waals surface area contributed by atoms with Gasteiger partial charge in [-0.3, -0.25) is 0 Å².